The fourth-order valence-electron chi connectivity index (χ4n) is 3.72. The van der Waals surface area contributed by atoms with Crippen LogP contribution in [0.1, 0.15) is 45.6 Å². The van der Waals surface area contributed by atoms with Crippen molar-refractivity contribution in [2.75, 3.05) is 33.9 Å². The summed E-state index contributed by atoms with van der Waals surface area (Å²) < 4.78 is 15.9. The van der Waals surface area contributed by atoms with Crippen LogP contribution in [0.5, 0.6) is 5.75 Å². The molecule has 1 unspecified atom stereocenters. The highest BCUT2D eigenvalue weighted by atomic mass is 35.5. The van der Waals surface area contributed by atoms with E-state index in [1.54, 1.807) is 31.1 Å². The Morgan fingerprint density at radius 1 is 1.26 bits per heavy atom. The third kappa shape index (κ3) is 6.64. The Bertz CT molecular complexity index is 797. The maximum atomic E-state index is 12.9. The van der Waals surface area contributed by atoms with Gasteiger partial charge in [0.1, 0.15) is 11.4 Å². The van der Waals surface area contributed by atoms with Crippen LogP contribution in [0.25, 0.3) is 0 Å². The molecule has 1 aromatic carbocycles. The highest BCUT2D eigenvalue weighted by molar-refractivity contribution is 6.42. The summed E-state index contributed by atoms with van der Waals surface area (Å²) in [5.41, 5.74) is 0.174. The van der Waals surface area contributed by atoms with Crippen LogP contribution in [-0.4, -0.2) is 62.5 Å². The quantitative estimate of drug-likeness (QED) is 0.586. The summed E-state index contributed by atoms with van der Waals surface area (Å²) in [4.78, 5) is 26.3. The van der Waals surface area contributed by atoms with E-state index in [2.05, 4.69) is 5.32 Å². The zero-order valence-electron chi connectivity index (χ0n) is 19.0. The number of nitrogens with zero attached hydrogens (tertiary/aromatic N) is 1. The first-order chi connectivity index (χ1) is 14.5. The van der Waals surface area contributed by atoms with Crippen LogP contribution < -0.4 is 10.1 Å². The molecule has 1 aliphatic heterocycles. The lowest BCUT2D eigenvalue weighted by atomic mass is 9.95. The van der Waals surface area contributed by atoms with E-state index in [0.29, 0.717) is 41.8 Å². The molecule has 2 rings (SSSR count). The number of carbonyl (C=O) groups is 2. The number of hydrogen-bond acceptors (Lipinski definition) is 6. The van der Waals surface area contributed by atoms with Crippen molar-refractivity contribution in [3.8, 4) is 5.75 Å². The summed E-state index contributed by atoms with van der Waals surface area (Å²) >= 11 is 12.8. The topological polar surface area (TPSA) is 77.1 Å². The van der Waals surface area contributed by atoms with E-state index >= 15 is 0 Å². The molecule has 1 fully saturated rings. The van der Waals surface area contributed by atoms with Gasteiger partial charge in [0.05, 0.1) is 30.2 Å². The van der Waals surface area contributed by atoms with Crippen LogP contribution in [0.2, 0.25) is 10.0 Å². The van der Waals surface area contributed by atoms with E-state index in [9.17, 15) is 9.59 Å². The lowest BCUT2D eigenvalue weighted by Crippen LogP contribution is -2.45. The van der Waals surface area contributed by atoms with Gasteiger partial charge >= 0.3 is 12.1 Å². The van der Waals surface area contributed by atoms with Crippen molar-refractivity contribution in [1.82, 2.24) is 10.2 Å². The largest absolute Gasteiger partial charge is 0.496 e. The first kappa shape index (κ1) is 25.6. The monoisotopic (exact) mass is 474 g/mol. The lowest BCUT2D eigenvalue weighted by Gasteiger charge is -2.29. The number of carbonyl (C=O) groups excluding carboxylic acids is 2. The van der Waals surface area contributed by atoms with Gasteiger partial charge in [-0.1, -0.05) is 30.1 Å². The van der Waals surface area contributed by atoms with E-state index in [1.807, 2.05) is 20.8 Å². The third-order valence-corrected chi connectivity index (χ3v) is 6.02. The number of benzene rings is 1. The minimum absolute atomic E-state index is 0.0708. The van der Waals surface area contributed by atoms with Gasteiger partial charge in [-0.25, -0.2) is 4.79 Å². The van der Waals surface area contributed by atoms with Gasteiger partial charge in [-0.2, -0.15) is 0 Å². The first-order valence-electron chi connectivity index (χ1n) is 10.3. The molecule has 0 bridgehead atoms. The van der Waals surface area contributed by atoms with Crippen molar-refractivity contribution in [2.45, 2.75) is 51.7 Å². The molecule has 1 heterocycles. The Labute approximate surface area is 194 Å². The summed E-state index contributed by atoms with van der Waals surface area (Å²) in [6.45, 7) is 8.65. The number of likely N-dealkylation sites (tertiary alicyclic amines) is 1. The SMILES string of the molecule is COC(=O)C(C)CNC[C@@H]1C[C@H](c2c(OC)ccc(Cl)c2Cl)CN1C(=O)OC(C)(C)C. The van der Waals surface area contributed by atoms with E-state index in [4.69, 9.17) is 37.4 Å². The normalized spacial score (nSPS) is 19.8. The van der Waals surface area contributed by atoms with Gasteiger partial charge in [0.25, 0.3) is 0 Å². The van der Waals surface area contributed by atoms with Gasteiger partial charge in [-0.3, -0.25) is 4.79 Å². The van der Waals surface area contributed by atoms with Gasteiger partial charge in [0, 0.05) is 37.2 Å². The summed E-state index contributed by atoms with van der Waals surface area (Å²) in [5.74, 6) is -0.00847. The Morgan fingerprint density at radius 3 is 2.52 bits per heavy atom. The predicted molar refractivity (Wildman–Crippen MR) is 121 cm³/mol. The zero-order chi connectivity index (χ0) is 23.3. The average molecular weight is 475 g/mol. The number of methoxy groups -OCH3 is 2. The van der Waals surface area contributed by atoms with Crippen molar-refractivity contribution in [1.29, 1.82) is 0 Å². The molecule has 1 saturated heterocycles. The van der Waals surface area contributed by atoms with E-state index in [1.165, 1.54) is 7.11 Å². The zero-order valence-corrected chi connectivity index (χ0v) is 20.5. The van der Waals surface area contributed by atoms with Gasteiger partial charge < -0.3 is 24.4 Å². The summed E-state index contributed by atoms with van der Waals surface area (Å²) in [5, 5.41) is 4.15. The fraction of sp³-hybridized carbons (Fsp3) is 0.636. The Morgan fingerprint density at radius 2 is 1.94 bits per heavy atom. The molecule has 9 heteroatoms. The molecule has 1 aliphatic rings. The maximum absolute atomic E-state index is 12.9. The van der Waals surface area contributed by atoms with Crippen molar-refractivity contribution in [2.24, 2.45) is 5.92 Å². The van der Waals surface area contributed by atoms with Crippen LogP contribution >= 0.6 is 23.2 Å². The molecule has 0 aromatic heterocycles. The molecule has 7 nitrogen and oxygen atoms in total. The third-order valence-electron chi connectivity index (χ3n) is 5.20. The van der Waals surface area contributed by atoms with Crippen molar-refractivity contribution in [3.05, 3.63) is 27.7 Å². The smallest absolute Gasteiger partial charge is 0.410 e. The number of hydrogen-bond donors (Lipinski definition) is 1. The second-order valence-corrected chi connectivity index (χ2v) is 9.56. The highest BCUT2D eigenvalue weighted by Gasteiger charge is 2.40. The lowest BCUT2D eigenvalue weighted by molar-refractivity contribution is -0.144. The fourth-order valence-corrected chi connectivity index (χ4v) is 4.20. The molecule has 3 atom stereocenters. The standard InChI is InChI=1S/C22H32Cl2N2O5/c1-13(20(27)30-6)10-25-11-15-9-14(12-26(15)21(28)31-22(2,3)4)18-17(29-5)8-7-16(23)19(18)24/h7-8,13-15,25H,9-12H2,1-6H3/t13?,14-,15-/m0/s1. The molecular weight excluding hydrogens is 443 g/mol. The van der Waals surface area contributed by atoms with E-state index in [0.717, 1.165) is 5.56 Å². The second kappa shape index (κ2) is 10.7. The number of ether oxygens (including phenoxy) is 3. The molecule has 0 radical (unpaired) electrons. The number of esters is 1. The number of rotatable bonds is 7. The van der Waals surface area contributed by atoms with Crippen molar-refractivity contribution in [3.63, 3.8) is 0 Å². The van der Waals surface area contributed by atoms with Crippen LogP contribution in [0, 0.1) is 5.92 Å². The molecule has 1 amide bonds. The highest BCUT2D eigenvalue weighted by Crippen LogP contribution is 2.43. The molecule has 31 heavy (non-hydrogen) atoms. The molecule has 174 valence electrons. The van der Waals surface area contributed by atoms with Gasteiger partial charge in [-0.05, 0) is 39.3 Å². The van der Waals surface area contributed by atoms with Crippen molar-refractivity contribution >= 4 is 35.3 Å². The van der Waals surface area contributed by atoms with Crippen LogP contribution in [0.15, 0.2) is 12.1 Å². The molecule has 1 aromatic rings. The first-order valence-corrected chi connectivity index (χ1v) is 11.0. The van der Waals surface area contributed by atoms with Gasteiger partial charge in [0.15, 0.2) is 0 Å². The molecule has 0 saturated carbocycles. The van der Waals surface area contributed by atoms with E-state index < -0.39 is 5.60 Å². The molecule has 0 aliphatic carbocycles. The Balaban J connectivity index is 2.23. The summed E-state index contributed by atoms with van der Waals surface area (Å²) in [6.07, 6.45) is 0.259. The molecular formula is C22H32Cl2N2O5. The molecule has 0 spiro atoms. The number of nitrogens with one attached hydrogen (secondary N) is 1. The van der Waals surface area contributed by atoms with Crippen molar-refractivity contribution < 1.29 is 23.8 Å². The Kier molecular flexibility index (Phi) is 8.86. The van der Waals surface area contributed by atoms with E-state index in [-0.39, 0.29) is 29.9 Å². The van der Waals surface area contributed by atoms with Crippen LogP contribution in [-0.2, 0) is 14.3 Å². The summed E-state index contributed by atoms with van der Waals surface area (Å²) in [6, 6.07) is 3.33. The number of amides is 1. The summed E-state index contributed by atoms with van der Waals surface area (Å²) in [7, 11) is 2.95. The van der Waals surface area contributed by atoms with Gasteiger partial charge in [-0.15, -0.1) is 0 Å². The second-order valence-electron chi connectivity index (χ2n) is 8.78. The minimum atomic E-state index is -0.613. The maximum Gasteiger partial charge on any atom is 0.410 e. The average Bonchev–Trinajstić information content (AvgIpc) is 3.11. The molecule has 1 N–H and O–H groups in total. The van der Waals surface area contributed by atoms with Crippen LogP contribution in [0.4, 0.5) is 4.79 Å². The van der Waals surface area contributed by atoms with Gasteiger partial charge in [0.2, 0.25) is 0 Å². The minimum Gasteiger partial charge on any atom is -0.496 e. The predicted octanol–water partition coefficient (Wildman–Crippen LogP) is 4.49. The number of halogens is 2. The Hall–Kier alpha value is -1.70. The van der Waals surface area contributed by atoms with Crippen LogP contribution in [0.3, 0.4) is 0 Å².